The molecule has 1 atom stereocenters. The second-order valence-corrected chi connectivity index (χ2v) is 2.87. The molecule has 0 aliphatic rings. The molecule has 4 N–H and O–H groups in total. The summed E-state index contributed by atoms with van der Waals surface area (Å²) in [5.74, 6) is -1.42. The average Bonchev–Trinajstić information content (AvgIpc) is 1.98. The van der Waals surface area contributed by atoms with Crippen molar-refractivity contribution >= 4 is 23.8 Å². The zero-order valence-corrected chi connectivity index (χ0v) is 6.85. The van der Waals surface area contributed by atoms with Crippen LogP contribution in [0, 0.1) is 0 Å². The molecule has 0 aromatic rings. The van der Waals surface area contributed by atoms with Crippen LogP contribution >= 0.6 is 11.9 Å². The third-order valence-electron chi connectivity index (χ3n) is 0.987. The Bertz CT molecular complexity index is 162. The number of hydrogen-bond donors (Lipinski definition) is 3. The van der Waals surface area contributed by atoms with Gasteiger partial charge in [-0.05, 0) is 6.92 Å². The van der Waals surface area contributed by atoms with E-state index in [0.29, 0.717) is 0 Å². The Morgan fingerprint density at radius 3 is 2.64 bits per heavy atom. The van der Waals surface area contributed by atoms with Crippen LogP contribution in [0.15, 0.2) is 0 Å². The molecule has 0 bridgehead atoms. The molecule has 64 valence electrons. The fourth-order valence-electron chi connectivity index (χ4n) is 0.368. The molecule has 5 nitrogen and oxygen atoms in total. The summed E-state index contributed by atoms with van der Waals surface area (Å²) >= 11 is 0.880. The summed E-state index contributed by atoms with van der Waals surface area (Å²) < 4.78 is 0. The molecule has 0 rings (SSSR count). The number of rotatable bonds is 4. The number of hydrogen-bond acceptors (Lipinski definition) is 4. The van der Waals surface area contributed by atoms with E-state index in [-0.39, 0.29) is 12.5 Å². The number of aliphatic carboxylic acids is 1. The number of carbonyl (C=O) groups is 2. The number of nitrogens with two attached hydrogens (primary N) is 1. The number of nitrogens with one attached hydrogen (secondary N) is 1. The Labute approximate surface area is 68.5 Å². The quantitative estimate of drug-likeness (QED) is 0.489. The van der Waals surface area contributed by atoms with Crippen molar-refractivity contribution < 1.29 is 14.7 Å². The van der Waals surface area contributed by atoms with Crippen LogP contribution in [0.3, 0.4) is 0 Å². The maximum atomic E-state index is 10.8. The van der Waals surface area contributed by atoms with Crippen molar-refractivity contribution in [3.05, 3.63) is 0 Å². The van der Waals surface area contributed by atoms with Crippen LogP contribution in [0.5, 0.6) is 0 Å². The molecule has 0 aliphatic heterocycles. The highest BCUT2D eigenvalue weighted by molar-refractivity contribution is 7.98. The molecule has 11 heavy (non-hydrogen) atoms. The van der Waals surface area contributed by atoms with Crippen molar-refractivity contribution in [3.63, 3.8) is 0 Å². The lowest BCUT2D eigenvalue weighted by Crippen LogP contribution is -2.35. The van der Waals surface area contributed by atoms with Crippen LogP contribution in [0.1, 0.15) is 6.92 Å². The van der Waals surface area contributed by atoms with Crippen molar-refractivity contribution in [1.29, 1.82) is 0 Å². The number of carboxylic acid groups (broad SMARTS) is 1. The van der Waals surface area contributed by atoms with Gasteiger partial charge < -0.3 is 10.4 Å². The minimum absolute atomic E-state index is 0.357. The normalized spacial score (nSPS) is 12.2. The lowest BCUT2D eigenvalue weighted by atomic mass is 10.4. The van der Waals surface area contributed by atoms with Gasteiger partial charge in [-0.2, -0.15) is 0 Å². The summed E-state index contributed by atoms with van der Waals surface area (Å²) in [6.45, 7) is 1.24. The molecule has 0 heterocycles. The van der Waals surface area contributed by atoms with E-state index >= 15 is 0 Å². The largest absolute Gasteiger partial charge is 0.480 e. The van der Waals surface area contributed by atoms with Gasteiger partial charge in [0.2, 0.25) is 5.91 Å². The van der Waals surface area contributed by atoms with Crippen molar-refractivity contribution in [2.24, 2.45) is 5.14 Å². The van der Waals surface area contributed by atoms with Gasteiger partial charge in [0.1, 0.15) is 6.54 Å². The van der Waals surface area contributed by atoms with E-state index in [0.717, 1.165) is 11.9 Å². The van der Waals surface area contributed by atoms with Crippen molar-refractivity contribution in [2.75, 3.05) is 6.54 Å². The summed E-state index contributed by atoms with van der Waals surface area (Å²) in [6, 6.07) is 0. The maximum absolute atomic E-state index is 10.8. The second-order valence-electron chi connectivity index (χ2n) is 1.89. The van der Waals surface area contributed by atoms with E-state index < -0.39 is 11.2 Å². The minimum Gasteiger partial charge on any atom is -0.480 e. The van der Waals surface area contributed by atoms with Gasteiger partial charge in [0.05, 0.1) is 5.25 Å². The molecular formula is C5H10N2O3S. The summed E-state index contributed by atoms with van der Waals surface area (Å²) in [4.78, 5) is 20.8. The first kappa shape index (κ1) is 10.2. The first-order valence-electron chi connectivity index (χ1n) is 2.93. The Balaban J connectivity index is 3.60. The van der Waals surface area contributed by atoms with Crippen LogP contribution in [0.2, 0.25) is 0 Å². The van der Waals surface area contributed by atoms with Crippen LogP contribution < -0.4 is 10.5 Å². The molecule has 6 heteroatoms. The molecule has 1 amide bonds. The first-order valence-corrected chi connectivity index (χ1v) is 3.87. The van der Waals surface area contributed by atoms with Crippen molar-refractivity contribution in [2.45, 2.75) is 12.2 Å². The average molecular weight is 178 g/mol. The summed E-state index contributed by atoms with van der Waals surface area (Å²) in [7, 11) is 0. The summed E-state index contributed by atoms with van der Waals surface area (Å²) in [6.07, 6.45) is 0. The maximum Gasteiger partial charge on any atom is 0.322 e. The highest BCUT2D eigenvalue weighted by Crippen LogP contribution is 1.99. The van der Waals surface area contributed by atoms with Crippen LogP contribution in [0.25, 0.3) is 0 Å². The van der Waals surface area contributed by atoms with Crippen LogP contribution in [-0.4, -0.2) is 28.8 Å². The SMILES string of the molecule is CC(SN)C(=O)NCC(=O)O. The first-order chi connectivity index (χ1) is 5.07. The lowest BCUT2D eigenvalue weighted by molar-refractivity contribution is -0.137. The van der Waals surface area contributed by atoms with Gasteiger partial charge in [-0.15, -0.1) is 0 Å². The van der Waals surface area contributed by atoms with Gasteiger partial charge in [0, 0.05) is 0 Å². The molecule has 0 saturated carbocycles. The van der Waals surface area contributed by atoms with E-state index in [1.807, 2.05) is 0 Å². The van der Waals surface area contributed by atoms with E-state index in [4.69, 9.17) is 10.2 Å². The second kappa shape index (κ2) is 4.97. The molecule has 0 spiro atoms. The van der Waals surface area contributed by atoms with Gasteiger partial charge in [0.15, 0.2) is 0 Å². The molecule has 0 aliphatic carbocycles. The zero-order chi connectivity index (χ0) is 8.85. The molecule has 0 radical (unpaired) electrons. The van der Waals surface area contributed by atoms with Crippen molar-refractivity contribution in [1.82, 2.24) is 5.32 Å². The van der Waals surface area contributed by atoms with E-state index in [9.17, 15) is 9.59 Å². The fraction of sp³-hybridized carbons (Fsp3) is 0.600. The fourth-order valence-corrected chi connectivity index (χ4v) is 0.575. The Hall–Kier alpha value is -0.750. The van der Waals surface area contributed by atoms with E-state index in [2.05, 4.69) is 5.32 Å². The third-order valence-corrected chi connectivity index (χ3v) is 1.61. The van der Waals surface area contributed by atoms with Crippen LogP contribution in [-0.2, 0) is 9.59 Å². The Kier molecular flexibility index (Phi) is 4.64. The predicted molar refractivity (Wildman–Crippen MR) is 41.9 cm³/mol. The standard InChI is InChI=1S/C5H10N2O3S/c1-3(11-6)5(10)7-2-4(8)9/h3H,2,6H2,1H3,(H,7,10)(H,8,9). The van der Waals surface area contributed by atoms with E-state index in [1.165, 1.54) is 0 Å². The number of carboxylic acids is 1. The minimum atomic E-state index is -1.06. The van der Waals surface area contributed by atoms with Gasteiger partial charge in [-0.1, -0.05) is 11.9 Å². The Morgan fingerprint density at radius 2 is 2.27 bits per heavy atom. The Morgan fingerprint density at radius 1 is 1.73 bits per heavy atom. The van der Waals surface area contributed by atoms with Gasteiger partial charge in [0.25, 0.3) is 0 Å². The summed E-state index contributed by atoms with van der Waals surface area (Å²) in [5.41, 5.74) is 0. The van der Waals surface area contributed by atoms with Crippen molar-refractivity contribution in [3.8, 4) is 0 Å². The molecule has 0 fully saturated rings. The smallest absolute Gasteiger partial charge is 0.322 e. The molecule has 0 aromatic carbocycles. The molecule has 1 unspecified atom stereocenters. The predicted octanol–water partition coefficient (Wildman–Crippen LogP) is -0.817. The highest BCUT2D eigenvalue weighted by atomic mass is 32.2. The van der Waals surface area contributed by atoms with Gasteiger partial charge in [-0.25, -0.2) is 0 Å². The van der Waals surface area contributed by atoms with Crippen LogP contribution in [0.4, 0.5) is 0 Å². The summed E-state index contributed by atoms with van der Waals surface area (Å²) in [5, 5.41) is 15.0. The lowest BCUT2D eigenvalue weighted by Gasteiger charge is -2.06. The topological polar surface area (TPSA) is 92.4 Å². The third kappa shape index (κ3) is 4.63. The number of amides is 1. The number of carbonyl (C=O) groups excluding carboxylic acids is 1. The monoisotopic (exact) mass is 178 g/mol. The van der Waals surface area contributed by atoms with E-state index in [1.54, 1.807) is 6.92 Å². The van der Waals surface area contributed by atoms with Gasteiger partial charge >= 0.3 is 5.97 Å². The zero-order valence-electron chi connectivity index (χ0n) is 6.03. The molecule has 0 saturated heterocycles. The molecular weight excluding hydrogens is 168 g/mol. The molecule has 0 aromatic heterocycles. The van der Waals surface area contributed by atoms with Gasteiger partial charge in [-0.3, -0.25) is 14.7 Å². The highest BCUT2D eigenvalue weighted by Gasteiger charge is 2.11.